The van der Waals surface area contributed by atoms with Crippen molar-refractivity contribution in [3.8, 4) is 16.9 Å². The predicted octanol–water partition coefficient (Wildman–Crippen LogP) is 7.42. The maximum absolute atomic E-state index is 13.7. The molecule has 0 spiro atoms. The van der Waals surface area contributed by atoms with Crippen LogP contribution in [0, 0.1) is 0 Å². The van der Waals surface area contributed by atoms with Crippen molar-refractivity contribution in [3.05, 3.63) is 95.6 Å². The third kappa shape index (κ3) is 8.51. The molecule has 1 amide bonds. The Bertz CT molecular complexity index is 1660. The van der Waals surface area contributed by atoms with Crippen LogP contribution in [0.4, 0.5) is 11.4 Å². The molecule has 4 aromatic rings. The van der Waals surface area contributed by atoms with E-state index >= 15 is 0 Å². The summed E-state index contributed by atoms with van der Waals surface area (Å²) in [6.07, 6.45) is 8.60. The summed E-state index contributed by atoms with van der Waals surface area (Å²) in [5.74, 6) is 1.44. The average molecular weight is 651 g/mol. The average Bonchev–Trinajstić information content (AvgIpc) is 3.50. The lowest BCUT2D eigenvalue weighted by Gasteiger charge is -2.25. The van der Waals surface area contributed by atoms with Crippen molar-refractivity contribution in [1.82, 2.24) is 14.8 Å². The number of fused-ring (bicyclic) bond motifs is 1. The molecule has 9 nitrogen and oxygen atoms in total. The standard InChI is InChI=1S/C39H50N6O3/c1-5-8-23-47-24-25-48-35-16-9-29(10-17-35)30-11-18-36-32(26-30)27-31(19-22-44(36)20-6-2)37(46)42-34-14-12-33(13-15-34)39(4,40)38-43-41-28-45(38)21-7-3/h9-18,26-28H,5-8,19-25,40H2,1-4H3,(H,42,46). The van der Waals surface area contributed by atoms with Gasteiger partial charge in [-0.3, -0.25) is 4.79 Å². The van der Waals surface area contributed by atoms with Gasteiger partial charge >= 0.3 is 0 Å². The predicted molar refractivity (Wildman–Crippen MR) is 194 cm³/mol. The first kappa shape index (κ1) is 34.9. The number of anilines is 2. The minimum Gasteiger partial charge on any atom is -0.491 e. The number of nitrogens with one attached hydrogen (secondary N) is 1. The molecule has 3 aromatic carbocycles. The summed E-state index contributed by atoms with van der Waals surface area (Å²) in [7, 11) is 0. The van der Waals surface area contributed by atoms with E-state index in [0.717, 1.165) is 91.2 Å². The van der Waals surface area contributed by atoms with Crippen LogP contribution in [0.1, 0.15) is 76.8 Å². The Morgan fingerprint density at radius 3 is 2.40 bits per heavy atom. The highest BCUT2D eigenvalue weighted by molar-refractivity contribution is 6.07. The number of hydrogen-bond donors (Lipinski definition) is 2. The van der Waals surface area contributed by atoms with E-state index in [1.54, 1.807) is 6.33 Å². The van der Waals surface area contributed by atoms with Gasteiger partial charge in [0.25, 0.3) is 5.91 Å². The summed E-state index contributed by atoms with van der Waals surface area (Å²) in [5.41, 5.74) is 12.7. The molecule has 1 unspecified atom stereocenters. The number of ether oxygens (including phenoxy) is 2. The molecule has 1 atom stereocenters. The molecule has 0 radical (unpaired) electrons. The number of carbonyl (C=O) groups excluding carboxylic acids is 1. The molecule has 0 bridgehead atoms. The summed E-state index contributed by atoms with van der Waals surface area (Å²) in [6, 6.07) is 22.4. The fourth-order valence-electron chi connectivity index (χ4n) is 6.07. The quantitative estimate of drug-likeness (QED) is 0.122. The van der Waals surface area contributed by atoms with Crippen LogP contribution >= 0.6 is 0 Å². The summed E-state index contributed by atoms with van der Waals surface area (Å²) in [4.78, 5) is 16.0. The van der Waals surface area contributed by atoms with Crippen LogP contribution in [-0.2, 0) is 21.6 Å². The van der Waals surface area contributed by atoms with Gasteiger partial charge in [-0.2, -0.15) is 0 Å². The Morgan fingerprint density at radius 1 is 0.917 bits per heavy atom. The summed E-state index contributed by atoms with van der Waals surface area (Å²) < 4.78 is 13.5. The summed E-state index contributed by atoms with van der Waals surface area (Å²) >= 11 is 0. The zero-order valence-electron chi connectivity index (χ0n) is 28.9. The molecular formula is C39H50N6O3. The largest absolute Gasteiger partial charge is 0.491 e. The molecule has 0 saturated carbocycles. The third-order valence-electron chi connectivity index (χ3n) is 8.75. The molecule has 3 N–H and O–H groups in total. The number of unbranched alkanes of at least 4 members (excludes halogenated alkanes) is 1. The Hall–Kier alpha value is -4.47. The van der Waals surface area contributed by atoms with Gasteiger partial charge in [0.1, 0.15) is 18.7 Å². The molecule has 254 valence electrons. The van der Waals surface area contributed by atoms with Crippen LogP contribution < -0.4 is 20.7 Å². The highest BCUT2D eigenvalue weighted by atomic mass is 16.5. The van der Waals surface area contributed by atoms with E-state index in [-0.39, 0.29) is 5.91 Å². The van der Waals surface area contributed by atoms with Gasteiger partial charge in [0.15, 0.2) is 5.82 Å². The van der Waals surface area contributed by atoms with Gasteiger partial charge in [-0.05, 0) is 97.3 Å². The number of benzene rings is 3. The Balaban J connectivity index is 1.30. The van der Waals surface area contributed by atoms with Crippen molar-refractivity contribution in [1.29, 1.82) is 0 Å². The second-order valence-electron chi connectivity index (χ2n) is 12.6. The van der Waals surface area contributed by atoms with Crippen LogP contribution in [0.15, 0.2) is 78.6 Å². The topological polar surface area (TPSA) is 108 Å². The minimum atomic E-state index is -0.821. The van der Waals surface area contributed by atoms with Crippen LogP contribution in [0.25, 0.3) is 17.2 Å². The zero-order chi connectivity index (χ0) is 33.9. The van der Waals surface area contributed by atoms with E-state index in [1.807, 2.05) is 54.0 Å². The molecule has 0 fully saturated rings. The van der Waals surface area contributed by atoms with Gasteiger partial charge in [-0.15, -0.1) is 10.2 Å². The number of amides is 1. The van der Waals surface area contributed by atoms with Gasteiger partial charge in [-0.25, -0.2) is 0 Å². The Labute approximate surface area is 285 Å². The van der Waals surface area contributed by atoms with Gasteiger partial charge in [0, 0.05) is 43.2 Å². The van der Waals surface area contributed by atoms with Gasteiger partial charge in [0.2, 0.25) is 0 Å². The van der Waals surface area contributed by atoms with E-state index in [0.29, 0.717) is 31.1 Å². The van der Waals surface area contributed by atoms with Crippen molar-refractivity contribution < 1.29 is 14.3 Å². The number of rotatable bonds is 16. The normalized spacial score (nSPS) is 14.1. The first-order valence-electron chi connectivity index (χ1n) is 17.3. The van der Waals surface area contributed by atoms with Crippen molar-refractivity contribution in [2.75, 3.05) is 43.1 Å². The number of hydrogen-bond acceptors (Lipinski definition) is 7. The zero-order valence-corrected chi connectivity index (χ0v) is 28.9. The lowest BCUT2D eigenvalue weighted by molar-refractivity contribution is -0.112. The van der Waals surface area contributed by atoms with Crippen molar-refractivity contribution in [2.24, 2.45) is 5.73 Å². The number of aryl methyl sites for hydroxylation is 1. The molecule has 5 rings (SSSR count). The number of aromatic nitrogens is 3. The molecule has 1 aliphatic rings. The fraction of sp³-hybridized carbons (Fsp3) is 0.410. The molecule has 9 heteroatoms. The second kappa shape index (κ2) is 16.6. The second-order valence-corrected chi connectivity index (χ2v) is 12.6. The number of nitrogens with zero attached hydrogens (tertiary/aromatic N) is 4. The van der Waals surface area contributed by atoms with Crippen molar-refractivity contribution in [2.45, 2.75) is 71.9 Å². The van der Waals surface area contributed by atoms with E-state index in [9.17, 15) is 4.79 Å². The lowest BCUT2D eigenvalue weighted by atomic mass is 9.92. The van der Waals surface area contributed by atoms with Gasteiger partial charge < -0.3 is 30.0 Å². The van der Waals surface area contributed by atoms with Gasteiger partial charge in [0.05, 0.1) is 12.1 Å². The van der Waals surface area contributed by atoms with Crippen LogP contribution in [0.3, 0.4) is 0 Å². The third-order valence-corrected chi connectivity index (χ3v) is 8.75. The summed E-state index contributed by atoms with van der Waals surface area (Å²) in [5, 5.41) is 11.5. The number of carbonyl (C=O) groups is 1. The number of nitrogens with two attached hydrogens (primary N) is 1. The van der Waals surface area contributed by atoms with Gasteiger partial charge in [-0.1, -0.05) is 57.5 Å². The SMILES string of the molecule is CCCCOCCOc1ccc(-c2ccc3c(c2)C=C(C(=O)Nc2ccc(C(C)(N)c4nncn4CCC)cc2)CCN3CCC)cc1. The minimum absolute atomic E-state index is 0.101. The van der Waals surface area contributed by atoms with Crippen LogP contribution in [0.2, 0.25) is 0 Å². The fourth-order valence-corrected chi connectivity index (χ4v) is 6.07. The van der Waals surface area contributed by atoms with E-state index in [1.165, 1.54) is 0 Å². The van der Waals surface area contributed by atoms with Crippen molar-refractivity contribution in [3.63, 3.8) is 0 Å². The molecule has 2 heterocycles. The summed E-state index contributed by atoms with van der Waals surface area (Å²) in [6.45, 7) is 12.8. The molecule has 1 aromatic heterocycles. The van der Waals surface area contributed by atoms with Crippen LogP contribution in [-0.4, -0.2) is 53.6 Å². The molecule has 48 heavy (non-hydrogen) atoms. The van der Waals surface area contributed by atoms with E-state index < -0.39 is 5.54 Å². The van der Waals surface area contributed by atoms with E-state index in [4.69, 9.17) is 15.2 Å². The van der Waals surface area contributed by atoms with Crippen LogP contribution in [0.5, 0.6) is 5.75 Å². The Kier molecular flexibility index (Phi) is 12.0. The molecular weight excluding hydrogens is 600 g/mol. The highest BCUT2D eigenvalue weighted by Crippen LogP contribution is 2.34. The Morgan fingerprint density at radius 2 is 1.67 bits per heavy atom. The maximum Gasteiger partial charge on any atom is 0.251 e. The van der Waals surface area contributed by atoms with E-state index in [2.05, 4.69) is 71.5 Å². The first-order chi connectivity index (χ1) is 23.3. The monoisotopic (exact) mass is 650 g/mol. The first-order valence-corrected chi connectivity index (χ1v) is 17.3. The maximum atomic E-state index is 13.7. The van der Waals surface area contributed by atoms with Crippen molar-refractivity contribution >= 4 is 23.4 Å². The molecule has 0 saturated heterocycles. The molecule has 1 aliphatic heterocycles. The molecule has 0 aliphatic carbocycles. The lowest BCUT2D eigenvalue weighted by Crippen LogP contribution is -2.37. The highest BCUT2D eigenvalue weighted by Gasteiger charge is 2.29. The smallest absolute Gasteiger partial charge is 0.251 e.